The van der Waals surface area contributed by atoms with Crippen molar-refractivity contribution >= 4 is 44.7 Å². The largest absolute Gasteiger partial charge is 0.307 e. The van der Waals surface area contributed by atoms with Crippen molar-refractivity contribution in [3.8, 4) is 0 Å². The maximum Gasteiger partial charge on any atom is 0.307 e. The van der Waals surface area contributed by atoms with Crippen molar-refractivity contribution in [2.24, 2.45) is 0 Å². The Morgan fingerprint density at radius 1 is 1.19 bits per heavy atom. The van der Waals surface area contributed by atoms with Crippen molar-refractivity contribution in [3.63, 3.8) is 0 Å². The molecule has 31 heavy (non-hydrogen) atoms. The van der Waals surface area contributed by atoms with Gasteiger partial charge in [-0.25, -0.2) is 0 Å². The summed E-state index contributed by atoms with van der Waals surface area (Å²) < 4.78 is 3.91. The molecule has 0 bridgehead atoms. The number of aryl methyl sites for hydroxylation is 1. The van der Waals surface area contributed by atoms with Gasteiger partial charge in [-0.05, 0) is 45.4 Å². The van der Waals surface area contributed by atoms with Crippen molar-refractivity contribution in [2.75, 3.05) is 5.32 Å². The number of thiophene rings is 1. The predicted molar refractivity (Wildman–Crippen MR) is 120 cm³/mol. The Bertz CT molecular complexity index is 1240. The first kappa shape index (κ1) is 20.9. The summed E-state index contributed by atoms with van der Waals surface area (Å²) in [6.45, 7) is 2.97. The molecular formula is C20H17BrN6O3S. The van der Waals surface area contributed by atoms with Crippen LogP contribution in [0.1, 0.15) is 26.4 Å². The highest BCUT2D eigenvalue weighted by Gasteiger charge is 2.15. The van der Waals surface area contributed by atoms with E-state index < -0.39 is 4.92 Å². The molecule has 4 rings (SSSR count). The SMILES string of the molecule is Cc1ccc(Cn2cc(Br)c(NC(=O)c3cc(Cn4cc([N+](=O)[O-])cn4)cs3)n2)cc1. The topological polar surface area (TPSA) is 108 Å². The third-order valence-corrected chi connectivity index (χ3v) is 6.02. The monoisotopic (exact) mass is 500 g/mol. The zero-order valence-corrected chi connectivity index (χ0v) is 18.8. The van der Waals surface area contributed by atoms with Crippen molar-refractivity contribution in [2.45, 2.75) is 20.0 Å². The Balaban J connectivity index is 1.40. The van der Waals surface area contributed by atoms with E-state index in [2.05, 4.69) is 31.4 Å². The number of amides is 1. The van der Waals surface area contributed by atoms with Gasteiger partial charge in [-0.3, -0.25) is 24.3 Å². The van der Waals surface area contributed by atoms with E-state index in [4.69, 9.17) is 0 Å². The number of rotatable bonds is 7. The molecule has 0 saturated carbocycles. The van der Waals surface area contributed by atoms with E-state index in [1.807, 2.05) is 42.8 Å². The summed E-state index contributed by atoms with van der Waals surface area (Å²) in [5.41, 5.74) is 3.07. The summed E-state index contributed by atoms with van der Waals surface area (Å²) in [5, 5.41) is 23.8. The van der Waals surface area contributed by atoms with Crippen molar-refractivity contribution in [3.05, 3.63) is 90.5 Å². The first-order chi connectivity index (χ1) is 14.9. The van der Waals surface area contributed by atoms with E-state index in [1.165, 1.54) is 34.0 Å². The highest BCUT2D eigenvalue weighted by atomic mass is 79.9. The number of benzene rings is 1. The van der Waals surface area contributed by atoms with Crippen LogP contribution >= 0.6 is 27.3 Å². The summed E-state index contributed by atoms with van der Waals surface area (Å²) in [5.74, 6) is 0.166. The highest BCUT2D eigenvalue weighted by Crippen LogP contribution is 2.23. The van der Waals surface area contributed by atoms with Crippen LogP contribution in [-0.2, 0) is 13.1 Å². The third kappa shape index (κ3) is 5.06. The normalized spacial score (nSPS) is 10.9. The van der Waals surface area contributed by atoms with Crippen LogP contribution in [0.4, 0.5) is 11.5 Å². The van der Waals surface area contributed by atoms with Crippen LogP contribution in [0.2, 0.25) is 0 Å². The molecule has 0 aliphatic rings. The second-order valence-corrected chi connectivity index (χ2v) is 8.70. The molecule has 0 aliphatic carbocycles. The number of nitrogens with zero attached hydrogens (tertiary/aromatic N) is 5. The quantitative estimate of drug-likeness (QED) is 0.297. The van der Waals surface area contributed by atoms with Gasteiger partial charge in [0.05, 0.1) is 27.4 Å². The standard InChI is InChI=1S/C20H17BrN6O3S/c1-13-2-4-14(5-3-13)8-26-11-17(21)19(24-26)23-20(28)18-6-15(12-31-18)9-25-10-16(7-22-25)27(29)30/h2-7,10-12H,8-9H2,1H3,(H,23,24,28). The fraction of sp³-hybridized carbons (Fsp3) is 0.150. The number of carbonyl (C=O) groups is 1. The molecule has 0 saturated heterocycles. The maximum absolute atomic E-state index is 12.6. The summed E-state index contributed by atoms with van der Waals surface area (Å²) in [6.07, 6.45) is 4.37. The first-order valence-electron chi connectivity index (χ1n) is 9.21. The van der Waals surface area contributed by atoms with Crippen LogP contribution in [0.15, 0.2) is 58.8 Å². The van der Waals surface area contributed by atoms with Gasteiger partial charge < -0.3 is 5.32 Å². The second-order valence-electron chi connectivity index (χ2n) is 6.94. The Morgan fingerprint density at radius 3 is 2.65 bits per heavy atom. The molecule has 0 radical (unpaired) electrons. The fourth-order valence-electron chi connectivity index (χ4n) is 2.91. The third-order valence-electron chi connectivity index (χ3n) is 4.47. The van der Waals surface area contributed by atoms with Crippen LogP contribution < -0.4 is 5.32 Å². The molecular weight excluding hydrogens is 484 g/mol. The van der Waals surface area contributed by atoms with Gasteiger partial charge in [-0.15, -0.1) is 11.3 Å². The second kappa shape index (κ2) is 8.82. The van der Waals surface area contributed by atoms with E-state index in [9.17, 15) is 14.9 Å². The molecule has 1 amide bonds. The molecule has 11 heteroatoms. The Morgan fingerprint density at radius 2 is 1.94 bits per heavy atom. The molecule has 158 valence electrons. The summed E-state index contributed by atoms with van der Waals surface area (Å²) >= 11 is 4.73. The molecule has 3 heterocycles. The lowest BCUT2D eigenvalue weighted by Crippen LogP contribution is -2.12. The molecule has 3 aromatic heterocycles. The number of carbonyl (C=O) groups excluding carboxylic acids is 1. The first-order valence-corrected chi connectivity index (χ1v) is 10.9. The number of anilines is 1. The van der Waals surface area contributed by atoms with Gasteiger partial charge in [0.2, 0.25) is 0 Å². The van der Waals surface area contributed by atoms with Crippen molar-refractivity contribution in [1.82, 2.24) is 19.6 Å². The number of nitrogens with one attached hydrogen (secondary N) is 1. The van der Waals surface area contributed by atoms with E-state index in [1.54, 1.807) is 10.7 Å². The molecule has 0 fully saturated rings. The molecule has 9 nitrogen and oxygen atoms in total. The Kier molecular flexibility index (Phi) is 5.96. The van der Waals surface area contributed by atoms with Crippen LogP contribution in [0.3, 0.4) is 0 Å². The minimum atomic E-state index is -0.494. The fourth-order valence-corrected chi connectivity index (χ4v) is 4.12. The van der Waals surface area contributed by atoms with E-state index in [0.29, 0.717) is 28.3 Å². The zero-order chi connectivity index (χ0) is 22.0. The molecule has 0 spiro atoms. The lowest BCUT2D eigenvalue weighted by atomic mass is 10.1. The van der Waals surface area contributed by atoms with E-state index in [0.717, 1.165) is 11.1 Å². The smallest absolute Gasteiger partial charge is 0.303 e. The summed E-state index contributed by atoms with van der Waals surface area (Å²) in [4.78, 5) is 23.4. The minimum absolute atomic E-state index is 0.0701. The van der Waals surface area contributed by atoms with Crippen LogP contribution in [0.5, 0.6) is 0 Å². The average molecular weight is 501 g/mol. The maximum atomic E-state index is 12.6. The minimum Gasteiger partial charge on any atom is -0.303 e. The van der Waals surface area contributed by atoms with Crippen molar-refractivity contribution < 1.29 is 9.72 Å². The number of hydrogen-bond acceptors (Lipinski definition) is 6. The van der Waals surface area contributed by atoms with E-state index in [-0.39, 0.29) is 11.6 Å². The van der Waals surface area contributed by atoms with Crippen LogP contribution in [0, 0.1) is 17.0 Å². The molecule has 1 aromatic carbocycles. The number of hydrogen-bond donors (Lipinski definition) is 1. The average Bonchev–Trinajstić information content (AvgIpc) is 3.45. The predicted octanol–water partition coefficient (Wildman–Crippen LogP) is 4.47. The number of aromatic nitrogens is 4. The zero-order valence-electron chi connectivity index (χ0n) is 16.4. The van der Waals surface area contributed by atoms with Gasteiger partial charge in [0.25, 0.3) is 5.91 Å². The number of nitro groups is 1. The highest BCUT2D eigenvalue weighted by molar-refractivity contribution is 9.10. The van der Waals surface area contributed by atoms with Crippen molar-refractivity contribution in [1.29, 1.82) is 0 Å². The van der Waals surface area contributed by atoms with Gasteiger partial charge in [0, 0.05) is 6.20 Å². The van der Waals surface area contributed by atoms with Gasteiger partial charge >= 0.3 is 5.69 Å². The molecule has 1 N–H and O–H groups in total. The van der Waals surface area contributed by atoms with Gasteiger partial charge in [-0.2, -0.15) is 10.2 Å². The summed E-state index contributed by atoms with van der Waals surface area (Å²) in [7, 11) is 0. The molecule has 0 aliphatic heterocycles. The lowest BCUT2D eigenvalue weighted by Gasteiger charge is -2.03. The summed E-state index contributed by atoms with van der Waals surface area (Å²) in [6, 6.07) is 9.93. The Labute approximate surface area is 189 Å². The van der Waals surface area contributed by atoms with Gasteiger partial charge in [-0.1, -0.05) is 29.8 Å². The molecule has 4 aromatic rings. The molecule has 0 unspecified atom stereocenters. The lowest BCUT2D eigenvalue weighted by molar-refractivity contribution is -0.385. The molecule has 0 atom stereocenters. The Hall–Kier alpha value is -3.31. The van der Waals surface area contributed by atoms with Crippen LogP contribution in [-0.4, -0.2) is 30.4 Å². The van der Waals surface area contributed by atoms with E-state index >= 15 is 0 Å². The van der Waals surface area contributed by atoms with Gasteiger partial charge in [0.15, 0.2) is 5.82 Å². The number of halogens is 1. The van der Waals surface area contributed by atoms with Gasteiger partial charge in [0.1, 0.15) is 12.4 Å². The van der Waals surface area contributed by atoms with Crippen LogP contribution in [0.25, 0.3) is 0 Å².